The summed E-state index contributed by atoms with van der Waals surface area (Å²) in [6.45, 7) is 16.2. The lowest BCUT2D eigenvalue weighted by Crippen LogP contribution is -2.33. The van der Waals surface area contributed by atoms with E-state index < -0.39 is 5.41 Å². The monoisotopic (exact) mass is 392 g/mol. The van der Waals surface area contributed by atoms with Crippen LogP contribution in [0.3, 0.4) is 0 Å². The molecular weight excluding hydrogens is 364 g/mol. The van der Waals surface area contributed by atoms with E-state index in [1.54, 1.807) is 13.8 Å². The van der Waals surface area contributed by atoms with Crippen LogP contribution in [0.15, 0.2) is 0 Å². The summed E-state index contributed by atoms with van der Waals surface area (Å²) < 4.78 is 12.5. The van der Waals surface area contributed by atoms with Gasteiger partial charge in [0.05, 0.1) is 5.41 Å². The fraction of sp³-hybridized carbons (Fsp3) is 0.440. The van der Waals surface area contributed by atoms with Crippen molar-refractivity contribution in [2.45, 2.75) is 60.8 Å². The summed E-state index contributed by atoms with van der Waals surface area (Å²) in [7, 11) is 0. The van der Waals surface area contributed by atoms with Gasteiger partial charge in [-0.3, -0.25) is 9.59 Å². The van der Waals surface area contributed by atoms with E-state index in [2.05, 4.69) is 0 Å². The van der Waals surface area contributed by atoms with E-state index >= 15 is 0 Å². The highest BCUT2D eigenvalue weighted by molar-refractivity contribution is 6.00. The third-order valence-electron chi connectivity index (χ3n) is 7.10. The van der Waals surface area contributed by atoms with Gasteiger partial charge in [-0.15, -0.1) is 0 Å². The smallest absolute Gasteiger partial charge is 0.160 e. The summed E-state index contributed by atoms with van der Waals surface area (Å²) in [5, 5.41) is 0. The first kappa shape index (κ1) is 19.7. The molecule has 29 heavy (non-hydrogen) atoms. The second kappa shape index (κ2) is 6.19. The molecule has 0 aromatic heterocycles. The van der Waals surface area contributed by atoms with Gasteiger partial charge in [0.15, 0.2) is 11.6 Å². The number of rotatable bonds is 2. The second-order valence-corrected chi connectivity index (χ2v) is 8.68. The van der Waals surface area contributed by atoms with E-state index in [9.17, 15) is 9.59 Å². The summed E-state index contributed by atoms with van der Waals surface area (Å²) in [6.07, 6.45) is 0. The molecule has 0 bridgehead atoms. The van der Waals surface area contributed by atoms with Crippen LogP contribution in [0.5, 0.6) is 11.5 Å². The SMILES string of the molecule is CC(=O)c1c(C)c(C)c2c(c1C)C1(CO2)COc2c(C)c(C)c(C(C)=O)c(C)c21. The first-order chi connectivity index (χ1) is 13.5. The van der Waals surface area contributed by atoms with Gasteiger partial charge >= 0.3 is 0 Å². The molecule has 0 fully saturated rings. The molecule has 4 heteroatoms. The molecule has 0 N–H and O–H groups in total. The van der Waals surface area contributed by atoms with E-state index in [0.29, 0.717) is 13.2 Å². The zero-order valence-electron chi connectivity index (χ0n) is 18.5. The zero-order valence-corrected chi connectivity index (χ0v) is 18.5. The van der Waals surface area contributed by atoms with Crippen LogP contribution >= 0.6 is 0 Å². The molecule has 0 aliphatic carbocycles. The minimum Gasteiger partial charge on any atom is -0.492 e. The molecular formula is C25H28O4. The Morgan fingerprint density at radius 1 is 0.621 bits per heavy atom. The first-order valence-electron chi connectivity index (χ1n) is 10.1. The molecule has 0 amide bonds. The highest BCUT2D eigenvalue weighted by atomic mass is 16.5. The van der Waals surface area contributed by atoms with Crippen LogP contribution in [0, 0.1) is 41.5 Å². The van der Waals surface area contributed by atoms with Gasteiger partial charge in [-0.1, -0.05) is 0 Å². The maximum Gasteiger partial charge on any atom is 0.160 e. The van der Waals surface area contributed by atoms with Crippen molar-refractivity contribution >= 4 is 11.6 Å². The molecule has 0 unspecified atom stereocenters. The third kappa shape index (κ3) is 2.32. The predicted molar refractivity (Wildman–Crippen MR) is 113 cm³/mol. The number of ether oxygens (including phenoxy) is 2. The van der Waals surface area contributed by atoms with Crippen LogP contribution in [0.25, 0.3) is 0 Å². The minimum atomic E-state index is -0.496. The van der Waals surface area contributed by atoms with Crippen LogP contribution in [0.1, 0.15) is 79.1 Å². The number of fused-ring (bicyclic) bond motifs is 4. The van der Waals surface area contributed by atoms with E-state index in [0.717, 1.165) is 67.1 Å². The molecule has 2 aliphatic heterocycles. The molecule has 0 atom stereocenters. The van der Waals surface area contributed by atoms with Crippen molar-refractivity contribution in [1.29, 1.82) is 0 Å². The summed E-state index contributed by atoms with van der Waals surface area (Å²) in [5.41, 5.74) is 9.04. The van der Waals surface area contributed by atoms with Crippen LogP contribution in [-0.2, 0) is 5.41 Å². The third-order valence-corrected chi connectivity index (χ3v) is 7.10. The van der Waals surface area contributed by atoms with Crippen LogP contribution in [0.2, 0.25) is 0 Å². The lowest BCUT2D eigenvalue weighted by atomic mass is 9.70. The van der Waals surface area contributed by atoms with Crippen molar-refractivity contribution in [3.05, 3.63) is 55.6 Å². The maximum atomic E-state index is 12.5. The van der Waals surface area contributed by atoms with E-state index in [4.69, 9.17) is 9.47 Å². The fourth-order valence-corrected chi connectivity index (χ4v) is 5.66. The van der Waals surface area contributed by atoms with Crippen molar-refractivity contribution in [3.63, 3.8) is 0 Å². The molecule has 0 saturated heterocycles. The van der Waals surface area contributed by atoms with Gasteiger partial charge in [0.1, 0.15) is 24.7 Å². The molecule has 2 aromatic rings. The fourth-order valence-electron chi connectivity index (χ4n) is 5.66. The number of Topliss-reactive ketones (excluding diaryl/α,β-unsaturated/α-hetero) is 2. The quantitative estimate of drug-likeness (QED) is 0.674. The van der Waals surface area contributed by atoms with Crippen molar-refractivity contribution in [1.82, 2.24) is 0 Å². The van der Waals surface area contributed by atoms with Crippen LogP contribution < -0.4 is 9.47 Å². The van der Waals surface area contributed by atoms with E-state index in [-0.39, 0.29) is 11.6 Å². The molecule has 2 aromatic carbocycles. The molecule has 2 aliphatic rings. The Morgan fingerprint density at radius 3 is 1.28 bits per heavy atom. The van der Waals surface area contributed by atoms with Gasteiger partial charge in [0.2, 0.25) is 0 Å². The Labute approximate surface area is 172 Å². The van der Waals surface area contributed by atoms with E-state index in [1.165, 1.54) is 0 Å². The molecule has 152 valence electrons. The predicted octanol–water partition coefficient (Wildman–Crippen LogP) is 5.01. The summed E-state index contributed by atoms with van der Waals surface area (Å²) >= 11 is 0. The molecule has 0 radical (unpaired) electrons. The van der Waals surface area contributed by atoms with Gasteiger partial charge < -0.3 is 9.47 Å². The summed E-state index contributed by atoms with van der Waals surface area (Å²) in [4.78, 5) is 25.0. The maximum absolute atomic E-state index is 12.5. The lowest BCUT2D eigenvalue weighted by molar-refractivity contribution is 0.100. The topological polar surface area (TPSA) is 52.6 Å². The Morgan fingerprint density at radius 2 is 0.966 bits per heavy atom. The number of hydrogen-bond acceptors (Lipinski definition) is 4. The van der Waals surface area contributed by atoms with Crippen molar-refractivity contribution in [3.8, 4) is 11.5 Å². The first-order valence-corrected chi connectivity index (χ1v) is 10.1. The number of hydrogen-bond donors (Lipinski definition) is 0. The normalized spacial score (nSPS) is 15.7. The van der Waals surface area contributed by atoms with Gasteiger partial charge in [-0.05, 0) is 88.8 Å². The highest BCUT2D eigenvalue weighted by Gasteiger charge is 2.52. The molecule has 2 heterocycles. The number of ketones is 2. The van der Waals surface area contributed by atoms with Crippen LogP contribution in [-0.4, -0.2) is 24.8 Å². The zero-order chi connectivity index (χ0) is 21.4. The van der Waals surface area contributed by atoms with Gasteiger partial charge in [-0.25, -0.2) is 0 Å². The summed E-state index contributed by atoms with van der Waals surface area (Å²) in [5.74, 6) is 1.86. The number of carbonyl (C=O) groups is 2. The van der Waals surface area contributed by atoms with Gasteiger partial charge in [0.25, 0.3) is 0 Å². The van der Waals surface area contributed by atoms with Crippen LogP contribution in [0.4, 0.5) is 0 Å². The number of carbonyl (C=O) groups excluding carboxylic acids is 2. The van der Waals surface area contributed by atoms with Gasteiger partial charge in [-0.2, -0.15) is 0 Å². The second-order valence-electron chi connectivity index (χ2n) is 8.68. The molecule has 1 spiro atoms. The van der Waals surface area contributed by atoms with Crippen molar-refractivity contribution < 1.29 is 19.1 Å². The van der Waals surface area contributed by atoms with Crippen molar-refractivity contribution in [2.75, 3.05) is 13.2 Å². The minimum absolute atomic E-state index is 0.0633. The molecule has 0 saturated carbocycles. The number of benzene rings is 2. The highest BCUT2D eigenvalue weighted by Crippen LogP contribution is 2.56. The summed E-state index contributed by atoms with van der Waals surface area (Å²) in [6, 6.07) is 0. The molecule has 4 rings (SSSR count). The standard InChI is InChI=1S/C25H28O4/c1-11-13(3)23-21(15(5)19(11)17(7)26)25(9-28-23)10-29-24-14(4)12(2)20(18(8)27)16(6)22(24)25/h9-10H2,1-8H3. The Balaban J connectivity index is 2.13. The van der Waals surface area contributed by atoms with Crippen molar-refractivity contribution in [2.24, 2.45) is 0 Å². The Kier molecular flexibility index (Phi) is 4.20. The average molecular weight is 392 g/mol. The average Bonchev–Trinajstić information content (AvgIpc) is 3.20. The Bertz CT molecular complexity index is 1030. The Hall–Kier alpha value is -2.62. The van der Waals surface area contributed by atoms with Gasteiger partial charge in [0, 0.05) is 22.3 Å². The lowest BCUT2D eigenvalue weighted by Gasteiger charge is -2.27. The molecule has 4 nitrogen and oxygen atoms in total. The van der Waals surface area contributed by atoms with E-state index in [1.807, 2.05) is 41.5 Å². The largest absolute Gasteiger partial charge is 0.492 e.